The summed E-state index contributed by atoms with van der Waals surface area (Å²) in [5.74, 6) is -1.29. The SMILES string of the molecule is CCC(OCC(O)CN1CCC[C@H]1Cc1ccc(C)c(F)c1)c1cc(F)c(C)cc1CCCCC(=O)O. The molecular weight excluding hydrogens is 476 g/mol. The molecule has 0 spiro atoms. The van der Waals surface area contributed by atoms with Crippen LogP contribution in [0.15, 0.2) is 30.3 Å². The number of aliphatic hydroxyl groups excluding tert-OH is 1. The molecule has 1 fully saturated rings. The van der Waals surface area contributed by atoms with Gasteiger partial charge in [0.15, 0.2) is 0 Å². The number of rotatable bonds is 14. The van der Waals surface area contributed by atoms with E-state index in [1.165, 1.54) is 6.07 Å². The van der Waals surface area contributed by atoms with Crippen molar-refractivity contribution in [2.45, 2.75) is 90.4 Å². The van der Waals surface area contributed by atoms with E-state index in [0.717, 1.165) is 42.5 Å². The van der Waals surface area contributed by atoms with Gasteiger partial charge in [-0.2, -0.15) is 0 Å². The highest BCUT2D eigenvalue weighted by molar-refractivity contribution is 5.66. The van der Waals surface area contributed by atoms with Crippen LogP contribution in [-0.2, 0) is 22.4 Å². The number of nitrogens with zero attached hydrogens (tertiary/aromatic N) is 1. The Balaban J connectivity index is 1.58. The summed E-state index contributed by atoms with van der Waals surface area (Å²) >= 11 is 0. The summed E-state index contributed by atoms with van der Waals surface area (Å²) < 4.78 is 34.6. The first-order valence-corrected chi connectivity index (χ1v) is 13.5. The number of hydrogen-bond acceptors (Lipinski definition) is 4. The minimum absolute atomic E-state index is 0.117. The number of unbranched alkanes of at least 4 members (excludes halogenated alkanes) is 1. The lowest BCUT2D eigenvalue weighted by Crippen LogP contribution is -2.39. The fourth-order valence-electron chi connectivity index (χ4n) is 5.24. The van der Waals surface area contributed by atoms with Gasteiger partial charge in [-0.25, -0.2) is 8.78 Å². The second-order valence-corrected chi connectivity index (χ2v) is 10.4. The van der Waals surface area contributed by atoms with Gasteiger partial charge in [0, 0.05) is 19.0 Å². The van der Waals surface area contributed by atoms with Crippen molar-refractivity contribution in [2.24, 2.45) is 0 Å². The first-order chi connectivity index (χ1) is 17.7. The number of ether oxygens (including phenoxy) is 1. The molecule has 2 unspecified atom stereocenters. The van der Waals surface area contributed by atoms with E-state index >= 15 is 0 Å². The summed E-state index contributed by atoms with van der Waals surface area (Å²) in [6, 6.07) is 9.00. The minimum Gasteiger partial charge on any atom is -0.481 e. The van der Waals surface area contributed by atoms with Gasteiger partial charge in [-0.1, -0.05) is 25.1 Å². The number of likely N-dealkylation sites (tertiary alicyclic amines) is 1. The average molecular weight is 518 g/mol. The number of hydrogen-bond donors (Lipinski definition) is 2. The van der Waals surface area contributed by atoms with Crippen LogP contribution in [0.25, 0.3) is 0 Å². The van der Waals surface area contributed by atoms with Crippen LogP contribution in [0.4, 0.5) is 8.78 Å². The Labute approximate surface area is 219 Å². The zero-order chi connectivity index (χ0) is 26.9. The number of aliphatic hydroxyl groups is 1. The Morgan fingerprint density at radius 2 is 1.89 bits per heavy atom. The Bertz CT molecular complexity index is 1040. The second-order valence-electron chi connectivity index (χ2n) is 10.4. The molecule has 1 heterocycles. The van der Waals surface area contributed by atoms with Crippen LogP contribution in [0.1, 0.15) is 79.4 Å². The number of aliphatic carboxylic acids is 1. The molecule has 2 N–H and O–H groups in total. The summed E-state index contributed by atoms with van der Waals surface area (Å²) in [5.41, 5.74) is 3.90. The topological polar surface area (TPSA) is 70.0 Å². The van der Waals surface area contributed by atoms with Crippen LogP contribution < -0.4 is 0 Å². The molecule has 0 amide bonds. The molecular formula is C30H41F2NO4. The normalized spacial score (nSPS) is 17.7. The van der Waals surface area contributed by atoms with Gasteiger partial charge in [-0.15, -0.1) is 0 Å². The lowest BCUT2D eigenvalue weighted by molar-refractivity contribution is -0.137. The summed E-state index contributed by atoms with van der Waals surface area (Å²) in [5, 5.41) is 19.7. The highest BCUT2D eigenvalue weighted by Crippen LogP contribution is 2.29. The largest absolute Gasteiger partial charge is 0.481 e. The van der Waals surface area contributed by atoms with Crippen molar-refractivity contribution in [3.05, 3.63) is 69.8 Å². The van der Waals surface area contributed by atoms with Gasteiger partial charge >= 0.3 is 5.97 Å². The van der Waals surface area contributed by atoms with Crippen molar-refractivity contribution < 1.29 is 28.5 Å². The predicted octanol–water partition coefficient (Wildman–Crippen LogP) is 5.91. The highest BCUT2D eigenvalue weighted by Gasteiger charge is 2.27. The van der Waals surface area contributed by atoms with Crippen molar-refractivity contribution in [3.63, 3.8) is 0 Å². The molecule has 0 aromatic heterocycles. The third-order valence-electron chi connectivity index (χ3n) is 7.37. The van der Waals surface area contributed by atoms with Crippen LogP contribution in [0.3, 0.4) is 0 Å². The fourth-order valence-corrected chi connectivity index (χ4v) is 5.24. The summed E-state index contributed by atoms with van der Waals surface area (Å²) in [6.45, 7) is 6.95. The van der Waals surface area contributed by atoms with E-state index in [2.05, 4.69) is 4.90 Å². The third-order valence-corrected chi connectivity index (χ3v) is 7.37. The van der Waals surface area contributed by atoms with E-state index in [1.54, 1.807) is 19.9 Å². The molecule has 204 valence electrons. The first kappa shape index (κ1) is 29.2. The lowest BCUT2D eigenvalue weighted by atomic mass is 9.94. The van der Waals surface area contributed by atoms with Gasteiger partial charge in [-0.05, 0) is 105 Å². The molecule has 0 radical (unpaired) electrons. The van der Waals surface area contributed by atoms with Gasteiger partial charge < -0.3 is 14.9 Å². The first-order valence-electron chi connectivity index (χ1n) is 13.5. The Morgan fingerprint density at radius 3 is 2.59 bits per heavy atom. The number of carbonyl (C=O) groups is 1. The van der Waals surface area contributed by atoms with Crippen LogP contribution in [0.5, 0.6) is 0 Å². The predicted molar refractivity (Wildman–Crippen MR) is 141 cm³/mol. The zero-order valence-corrected chi connectivity index (χ0v) is 22.3. The van der Waals surface area contributed by atoms with Crippen molar-refractivity contribution in [1.29, 1.82) is 0 Å². The zero-order valence-electron chi connectivity index (χ0n) is 22.3. The Kier molecular flexibility index (Phi) is 11.0. The van der Waals surface area contributed by atoms with Crippen molar-refractivity contribution in [2.75, 3.05) is 19.7 Å². The second kappa shape index (κ2) is 14.0. The molecule has 2 aromatic carbocycles. The molecule has 1 aliphatic rings. The molecule has 0 saturated carbocycles. The molecule has 5 nitrogen and oxygen atoms in total. The van der Waals surface area contributed by atoms with Gasteiger partial charge in [0.2, 0.25) is 0 Å². The summed E-state index contributed by atoms with van der Waals surface area (Å²) in [4.78, 5) is 13.1. The smallest absolute Gasteiger partial charge is 0.303 e. The maximum atomic E-state index is 14.5. The van der Waals surface area contributed by atoms with E-state index in [1.807, 2.05) is 25.1 Å². The molecule has 0 bridgehead atoms. The number of aryl methyl sites for hydroxylation is 3. The Morgan fingerprint density at radius 1 is 1.14 bits per heavy atom. The maximum absolute atomic E-state index is 14.5. The molecule has 0 aliphatic carbocycles. The van der Waals surface area contributed by atoms with Crippen LogP contribution in [0.2, 0.25) is 0 Å². The van der Waals surface area contributed by atoms with Gasteiger partial charge in [0.25, 0.3) is 0 Å². The number of carboxylic acid groups (broad SMARTS) is 1. The minimum atomic E-state index is -0.814. The molecule has 3 atom stereocenters. The molecule has 3 rings (SSSR count). The molecule has 1 aliphatic heterocycles. The van der Waals surface area contributed by atoms with Crippen molar-refractivity contribution in [3.8, 4) is 0 Å². The monoisotopic (exact) mass is 517 g/mol. The van der Waals surface area contributed by atoms with E-state index in [0.29, 0.717) is 43.4 Å². The van der Waals surface area contributed by atoms with E-state index in [-0.39, 0.29) is 36.8 Å². The standard InChI is InChI=1S/C30H41F2NO4/c1-4-29(26-17-28(32)21(3)14-23(26)8-5-6-10-30(35)36)37-19-25(34)18-33-13-7-9-24(33)15-22-12-11-20(2)27(31)16-22/h11-12,14,16-17,24-25,29,34H,4-10,13,15,18-19H2,1-3H3,(H,35,36)/t24-,25?,29?/m0/s1. The van der Waals surface area contributed by atoms with E-state index in [4.69, 9.17) is 9.84 Å². The summed E-state index contributed by atoms with van der Waals surface area (Å²) in [7, 11) is 0. The quantitative estimate of drug-likeness (QED) is 0.305. The maximum Gasteiger partial charge on any atom is 0.303 e. The molecule has 7 heteroatoms. The average Bonchev–Trinajstić information content (AvgIpc) is 3.28. The fraction of sp³-hybridized carbons (Fsp3) is 0.567. The van der Waals surface area contributed by atoms with Gasteiger partial charge in [-0.3, -0.25) is 9.69 Å². The molecule has 37 heavy (non-hydrogen) atoms. The highest BCUT2D eigenvalue weighted by atomic mass is 19.1. The third kappa shape index (κ3) is 8.59. The van der Waals surface area contributed by atoms with E-state index in [9.17, 15) is 18.7 Å². The lowest BCUT2D eigenvalue weighted by Gasteiger charge is -2.28. The van der Waals surface area contributed by atoms with Crippen LogP contribution >= 0.6 is 0 Å². The van der Waals surface area contributed by atoms with Crippen LogP contribution in [-0.4, -0.2) is 52.9 Å². The van der Waals surface area contributed by atoms with Crippen LogP contribution in [0, 0.1) is 25.5 Å². The summed E-state index contributed by atoms with van der Waals surface area (Å²) in [6.07, 6.45) is 4.40. The van der Waals surface area contributed by atoms with Crippen molar-refractivity contribution >= 4 is 5.97 Å². The molecule has 1 saturated heterocycles. The number of benzene rings is 2. The van der Waals surface area contributed by atoms with Gasteiger partial charge in [0.1, 0.15) is 11.6 Å². The number of β-amino-alcohol motifs (C(OH)–C–C–N with tert-alkyl or cyclic N) is 1. The van der Waals surface area contributed by atoms with Crippen molar-refractivity contribution in [1.82, 2.24) is 4.90 Å². The number of halogens is 2. The molecule has 2 aromatic rings. The number of carboxylic acids is 1. The van der Waals surface area contributed by atoms with E-state index < -0.39 is 12.1 Å². The van der Waals surface area contributed by atoms with Gasteiger partial charge in [0.05, 0.1) is 18.8 Å². The Hall–Kier alpha value is -2.35.